The third-order valence-electron chi connectivity index (χ3n) is 4.64. The largest absolute Gasteiger partial charge is 0.497 e. The van der Waals surface area contributed by atoms with E-state index in [2.05, 4.69) is 5.32 Å². The molecular formula is C23H28Cl2N2O3S. The lowest BCUT2D eigenvalue weighted by atomic mass is 10.1. The van der Waals surface area contributed by atoms with Gasteiger partial charge in [-0.25, -0.2) is 0 Å². The van der Waals surface area contributed by atoms with Crippen LogP contribution in [0.1, 0.15) is 31.9 Å². The van der Waals surface area contributed by atoms with E-state index in [4.69, 9.17) is 27.9 Å². The average molecular weight is 483 g/mol. The van der Waals surface area contributed by atoms with Gasteiger partial charge in [0.2, 0.25) is 11.8 Å². The summed E-state index contributed by atoms with van der Waals surface area (Å²) < 4.78 is 5.17. The monoisotopic (exact) mass is 482 g/mol. The van der Waals surface area contributed by atoms with E-state index in [0.717, 1.165) is 11.3 Å². The number of ether oxygens (including phenoxy) is 1. The van der Waals surface area contributed by atoms with Crippen molar-refractivity contribution in [1.29, 1.82) is 0 Å². The number of nitrogens with zero attached hydrogens (tertiary/aromatic N) is 1. The first-order valence-electron chi connectivity index (χ1n) is 9.96. The third kappa shape index (κ3) is 7.63. The van der Waals surface area contributed by atoms with Gasteiger partial charge in [0.15, 0.2) is 0 Å². The molecule has 0 aliphatic carbocycles. The Kier molecular flexibility index (Phi) is 10.0. The standard InChI is InChI=1S/C23H28Cl2N2O3S/c1-15(2)26-23(29)16(3)27(12-19-20(24)6-5-7-21(19)25)22(28)14-31-13-17-8-10-18(30-4)11-9-17/h5-11,15-16H,12-14H2,1-4H3,(H,26,29)/t16-/m1/s1. The Hall–Kier alpha value is -1.89. The second-order valence-corrected chi connectivity index (χ2v) is 9.20. The molecule has 2 rings (SSSR count). The Morgan fingerprint density at radius 3 is 2.23 bits per heavy atom. The minimum absolute atomic E-state index is 0.0275. The van der Waals surface area contributed by atoms with Crippen LogP contribution in [0.3, 0.4) is 0 Å². The van der Waals surface area contributed by atoms with Crippen LogP contribution >= 0.6 is 35.0 Å². The van der Waals surface area contributed by atoms with Gasteiger partial charge in [-0.2, -0.15) is 0 Å². The van der Waals surface area contributed by atoms with Gasteiger partial charge in [0.05, 0.1) is 12.9 Å². The zero-order chi connectivity index (χ0) is 23.0. The van der Waals surface area contributed by atoms with Crippen molar-refractivity contribution >= 4 is 46.8 Å². The molecule has 0 fully saturated rings. The number of methoxy groups -OCH3 is 1. The first-order valence-corrected chi connectivity index (χ1v) is 11.9. The Labute approximate surface area is 198 Å². The van der Waals surface area contributed by atoms with E-state index in [9.17, 15) is 9.59 Å². The molecule has 31 heavy (non-hydrogen) atoms. The van der Waals surface area contributed by atoms with Gasteiger partial charge in [-0.15, -0.1) is 11.8 Å². The summed E-state index contributed by atoms with van der Waals surface area (Å²) in [5.74, 6) is 1.32. The fourth-order valence-corrected chi connectivity index (χ4v) is 4.29. The summed E-state index contributed by atoms with van der Waals surface area (Å²) in [7, 11) is 1.62. The van der Waals surface area contributed by atoms with Crippen LogP contribution < -0.4 is 10.1 Å². The zero-order valence-electron chi connectivity index (χ0n) is 18.2. The van der Waals surface area contributed by atoms with Gasteiger partial charge < -0.3 is 15.0 Å². The summed E-state index contributed by atoms with van der Waals surface area (Å²) >= 11 is 14.1. The molecule has 0 unspecified atom stereocenters. The lowest BCUT2D eigenvalue weighted by molar-refractivity contribution is -0.138. The molecule has 0 aliphatic rings. The summed E-state index contributed by atoms with van der Waals surface area (Å²) in [5.41, 5.74) is 1.72. The van der Waals surface area contributed by atoms with Gasteiger partial charge in [0.1, 0.15) is 11.8 Å². The van der Waals surface area contributed by atoms with E-state index in [0.29, 0.717) is 21.4 Å². The maximum atomic E-state index is 13.1. The fraction of sp³-hybridized carbons (Fsp3) is 0.391. The fourth-order valence-electron chi connectivity index (χ4n) is 2.90. The van der Waals surface area contributed by atoms with Crippen LogP contribution in [-0.4, -0.2) is 41.7 Å². The molecule has 0 saturated heterocycles. The lowest BCUT2D eigenvalue weighted by Crippen LogP contribution is -2.49. The molecule has 8 heteroatoms. The van der Waals surface area contributed by atoms with E-state index >= 15 is 0 Å². The predicted octanol–water partition coefficient (Wildman–Crippen LogP) is 5.18. The van der Waals surface area contributed by atoms with Gasteiger partial charge in [-0.1, -0.05) is 41.4 Å². The van der Waals surface area contributed by atoms with Gasteiger partial charge >= 0.3 is 0 Å². The van der Waals surface area contributed by atoms with Gasteiger partial charge in [-0.3, -0.25) is 9.59 Å². The van der Waals surface area contributed by atoms with E-state index in [1.165, 1.54) is 16.7 Å². The van der Waals surface area contributed by atoms with Crippen LogP contribution in [0.4, 0.5) is 0 Å². The topological polar surface area (TPSA) is 58.6 Å². The molecule has 0 aliphatic heterocycles. The molecular weight excluding hydrogens is 455 g/mol. The maximum absolute atomic E-state index is 13.1. The van der Waals surface area contributed by atoms with Crippen LogP contribution in [-0.2, 0) is 21.9 Å². The number of carbonyl (C=O) groups excluding carboxylic acids is 2. The Morgan fingerprint density at radius 2 is 1.68 bits per heavy atom. The van der Waals surface area contributed by atoms with Crippen molar-refractivity contribution in [3.8, 4) is 5.75 Å². The van der Waals surface area contributed by atoms with Crippen molar-refractivity contribution in [3.05, 3.63) is 63.6 Å². The summed E-state index contributed by atoms with van der Waals surface area (Å²) in [6.45, 7) is 5.64. The number of amides is 2. The van der Waals surface area contributed by atoms with Crippen molar-refractivity contribution in [2.75, 3.05) is 12.9 Å². The van der Waals surface area contributed by atoms with Crippen LogP contribution in [0, 0.1) is 0 Å². The second-order valence-electron chi connectivity index (χ2n) is 7.40. The minimum Gasteiger partial charge on any atom is -0.497 e. The molecule has 2 aromatic carbocycles. The molecule has 168 valence electrons. The SMILES string of the molecule is COc1ccc(CSCC(=O)N(Cc2c(Cl)cccc2Cl)[C@H](C)C(=O)NC(C)C)cc1. The minimum atomic E-state index is -0.663. The Balaban J connectivity index is 2.11. The summed E-state index contributed by atoms with van der Waals surface area (Å²) in [6.07, 6.45) is 0. The average Bonchev–Trinajstić information content (AvgIpc) is 2.73. The highest BCUT2D eigenvalue weighted by molar-refractivity contribution is 7.99. The van der Waals surface area contributed by atoms with Gasteiger partial charge in [0.25, 0.3) is 0 Å². The first kappa shape index (κ1) is 25.4. The van der Waals surface area contributed by atoms with E-state index in [1.807, 2.05) is 38.1 Å². The highest BCUT2D eigenvalue weighted by Crippen LogP contribution is 2.27. The highest BCUT2D eigenvalue weighted by atomic mass is 35.5. The summed E-state index contributed by atoms with van der Waals surface area (Å²) in [5, 5.41) is 3.80. The molecule has 2 amide bonds. The van der Waals surface area contributed by atoms with Crippen LogP contribution in [0.2, 0.25) is 10.0 Å². The van der Waals surface area contributed by atoms with Crippen LogP contribution in [0.15, 0.2) is 42.5 Å². The number of rotatable bonds is 10. The van der Waals surface area contributed by atoms with Gasteiger partial charge in [0, 0.05) is 33.9 Å². The van der Waals surface area contributed by atoms with Crippen molar-refractivity contribution in [1.82, 2.24) is 10.2 Å². The van der Waals surface area contributed by atoms with Crippen molar-refractivity contribution in [3.63, 3.8) is 0 Å². The molecule has 0 bridgehead atoms. The molecule has 0 radical (unpaired) electrons. The van der Waals surface area contributed by atoms with Crippen molar-refractivity contribution in [2.45, 2.75) is 45.2 Å². The number of halogens is 2. The number of carbonyl (C=O) groups is 2. The normalized spacial score (nSPS) is 11.8. The third-order valence-corrected chi connectivity index (χ3v) is 6.34. The van der Waals surface area contributed by atoms with E-state index in [-0.39, 0.29) is 30.2 Å². The molecule has 1 N–H and O–H groups in total. The molecule has 0 saturated carbocycles. The van der Waals surface area contributed by atoms with E-state index in [1.54, 1.807) is 32.2 Å². The second kappa shape index (κ2) is 12.2. The van der Waals surface area contributed by atoms with Crippen molar-refractivity contribution in [2.24, 2.45) is 0 Å². The highest BCUT2D eigenvalue weighted by Gasteiger charge is 2.27. The van der Waals surface area contributed by atoms with Crippen LogP contribution in [0.25, 0.3) is 0 Å². The van der Waals surface area contributed by atoms with Gasteiger partial charge in [-0.05, 0) is 50.6 Å². The van der Waals surface area contributed by atoms with E-state index < -0.39 is 6.04 Å². The maximum Gasteiger partial charge on any atom is 0.242 e. The first-order chi connectivity index (χ1) is 14.7. The van der Waals surface area contributed by atoms with Crippen LogP contribution in [0.5, 0.6) is 5.75 Å². The molecule has 0 aromatic heterocycles. The molecule has 0 heterocycles. The number of thioether (sulfide) groups is 1. The molecule has 5 nitrogen and oxygen atoms in total. The number of hydrogen-bond acceptors (Lipinski definition) is 4. The molecule has 0 spiro atoms. The number of benzene rings is 2. The number of nitrogens with one attached hydrogen (secondary N) is 1. The number of hydrogen-bond donors (Lipinski definition) is 1. The zero-order valence-corrected chi connectivity index (χ0v) is 20.5. The Morgan fingerprint density at radius 1 is 1.06 bits per heavy atom. The summed E-state index contributed by atoms with van der Waals surface area (Å²) in [6, 6.07) is 12.2. The Bertz CT molecular complexity index is 871. The smallest absolute Gasteiger partial charge is 0.242 e. The van der Waals surface area contributed by atoms with Crippen molar-refractivity contribution < 1.29 is 14.3 Å². The predicted molar refractivity (Wildman–Crippen MR) is 129 cm³/mol. The molecule has 2 aromatic rings. The quantitative estimate of drug-likeness (QED) is 0.506. The summed E-state index contributed by atoms with van der Waals surface area (Å²) in [4.78, 5) is 27.3. The molecule has 1 atom stereocenters. The lowest BCUT2D eigenvalue weighted by Gasteiger charge is -2.30.